The van der Waals surface area contributed by atoms with Gasteiger partial charge in [0.1, 0.15) is 16.3 Å². The van der Waals surface area contributed by atoms with Gasteiger partial charge in [0, 0.05) is 23.7 Å². The summed E-state index contributed by atoms with van der Waals surface area (Å²) in [5.74, 6) is -0.0203. The fraction of sp³-hybridized carbons (Fsp3) is 0.208. The number of amides is 1. The summed E-state index contributed by atoms with van der Waals surface area (Å²) in [5, 5.41) is 4.72. The Bertz CT molecular complexity index is 1460. The molecule has 4 rings (SSSR count). The number of methoxy groups -OCH3 is 1. The van der Waals surface area contributed by atoms with Crippen LogP contribution < -0.4 is 21.3 Å². The Balaban J connectivity index is 1.52. The van der Waals surface area contributed by atoms with Gasteiger partial charge >= 0.3 is 5.69 Å². The van der Waals surface area contributed by atoms with Crippen LogP contribution in [0.2, 0.25) is 5.02 Å². The van der Waals surface area contributed by atoms with E-state index in [0.29, 0.717) is 33.6 Å². The molecule has 0 saturated carbocycles. The SMILES string of the molecule is COc1ccc(NC(=O)CCCn2c(=O)c3sccc3n(Cc3ccc(F)cc3Cl)c2=O)cc1. The van der Waals surface area contributed by atoms with Gasteiger partial charge < -0.3 is 10.1 Å². The van der Waals surface area contributed by atoms with E-state index in [1.54, 1.807) is 42.8 Å². The Kier molecular flexibility index (Phi) is 7.14. The van der Waals surface area contributed by atoms with Gasteiger partial charge in [0.15, 0.2) is 0 Å². The van der Waals surface area contributed by atoms with Gasteiger partial charge in [-0.3, -0.25) is 18.7 Å². The molecule has 0 radical (unpaired) electrons. The van der Waals surface area contributed by atoms with Gasteiger partial charge in [-0.05, 0) is 59.8 Å². The van der Waals surface area contributed by atoms with Crippen LogP contribution >= 0.6 is 22.9 Å². The minimum Gasteiger partial charge on any atom is -0.497 e. The molecule has 0 aliphatic heterocycles. The summed E-state index contributed by atoms with van der Waals surface area (Å²) in [6, 6.07) is 12.6. The summed E-state index contributed by atoms with van der Waals surface area (Å²) in [7, 11) is 1.56. The maximum Gasteiger partial charge on any atom is 0.331 e. The first kappa shape index (κ1) is 23.7. The van der Waals surface area contributed by atoms with Gasteiger partial charge in [0.2, 0.25) is 5.91 Å². The predicted molar refractivity (Wildman–Crippen MR) is 132 cm³/mol. The largest absolute Gasteiger partial charge is 0.497 e. The molecule has 2 aromatic carbocycles. The lowest BCUT2D eigenvalue weighted by Crippen LogP contribution is -2.40. The molecular weight excluding hydrogens is 481 g/mol. The Morgan fingerprint density at radius 3 is 2.59 bits per heavy atom. The first-order chi connectivity index (χ1) is 16.4. The molecule has 34 heavy (non-hydrogen) atoms. The van der Waals surface area contributed by atoms with Crippen molar-refractivity contribution in [1.29, 1.82) is 0 Å². The normalized spacial score (nSPS) is 11.0. The molecule has 1 N–H and O–H groups in total. The Morgan fingerprint density at radius 1 is 1.12 bits per heavy atom. The van der Waals surface area contributed by atoms with Gasteiger partial charge in [0.05, 0.1) is 19.2 Å². The second kappa shape index (κ2) is 10.2. The van der Waals surface area contributed by atoms with E-state index in [4.69, 9.17) is 16.3 Å². The molecule has 0 atom stereocenters. The van der Waals surface area contributed by atoms with Gasteiger partial charge in [-0.25, -0.2) is 9.18 Å². The number of rotatable bonds is 8. The smallest absolute Gasteiger partial charge is 0.331 e. The van der Waals surface area contributed by atoms with Crippen LogP contribution in [0.25, 0.3) is 10.2 Å². The van der Waals surface area contributed by atoms with Crippen LogP contribution in [0.15, 0.2) is 63.5 Å². The van der Waals surface area contributed by atoms with Crippen molar-refractivity contribution in [1.82, 2.24) is 9.13 Å². The number of aromatic nitrogens is 2. The van der Waals surface area contributed by atoms with Gasteiger partial charge in [0.25, 0.3) is 5.56 Å². The third-order valence-corrected chi connectivity index (χ3v) is 6.58. The standard InChI is InChI=1S/C24H21ClFN3O4S/c1-33-18-8-6-17(7-9-18)27-21(30)3-2-11-28-23(31)22-20(10-12-34-22)29(24(28)32)14-15-4-5-16(26)13-19(15)25/h4-10,12-13H,2-3,11,14H2,1H3,(H,27,30). The van der Waals surface area contributed by atoms with E-state index in [2.05, 4.69) is 5.32 Å². The zero-order chi connectivity index (χ0) is 24.2. The summed E-state index contributed by atoms with van der Waals surface area (Å²) in [5.41, 5.74) is 0.774. The van der Waals surface area contributed by atoms with Crippen LogP contribution in [0.4, 0.5) is 10.1 Å². The highest BCUT2D eigenvalue weighted by Crippen LogP contribution is 2.21. The number of nitrogens with one attached hydrogen (secondary N) is 1. The van der Waals surface area contributed by atoms with Gasteiger partial charge in [-0.1, -0.05) is 17.7 Å². The highest BCUT2D eigenvalue weighted by atomic mass is 35.5. The van der Waals surface area contributed by atoms with E-state index in [9.17, 15) is 18.8 Å². The number of carbonyl (C=O) groups excluding carboxylic acids is 1. The fourth-order valence-electron chi connectivity index (χ4n) is 3.60. The lowest BCUT2D eigenvalue weighted by Gasteiger charge is -2.13. The second-order valence-electron chi connectivity index (χ2n) is 7.58. The number of carbonyl (C=O) groups is 1. The number of anilines is 1. The lowest BCUT2D eigenvalue weighted by atomic mass is 10.2. The third-order valence-electron chi connectivity index (χ3n) is 5.34. The van der Waals surface area contributed by atoms with E-state index < -0.39 is 17.1 Å². The molecule has 0 bridgehead atoms. The topological polar surface area (TPSA) is 82.3 Å². The molecule has 0 fully saturated rings. The molecule has 0 aliphatic carbocycles. The molecular formula is C24H21ClFN3O4S. The Hall–Kier alpha value is -3.43. The summed E-state index contributed by atoms with van der Waals surface area (Å²) < 4.78 is 21.5. The van der Waals surface area contributed by atoms with Crippen LogP contribution in [0.5, 0.6) is 5.75 Å². The molecule has 1 amide bonds. The Labute approximate surface area is 203 Å². The van der Waals surface area contributed by atoms with Crippen molar-refractivity contribution >= 4 is 44.7 Å². The average Bonchev–Trinajstić information content (AvgIpc) is 3.31. The predicted octanol–water partition coefficient (Wildman–Crippen LogP) is 4.49. The van der Waals surface area contributed by atoms with Crippen molar-refractivity contribution in [3.63, 3.8) is 0 Å². The first-order valence-corrected chi connectivity index (χ1v) is 11.7. The molecule has 0 aliphatic rings. The van der Waals surface area contributed by atoms with Crippen molar-refractivity contribution < 1.29 is 13.9 Å². The van der Waals surface area contributed by atoms with Crippen LogP contribution in [-0.4, -0.2) is 22.2 Å². The number of hydrogen-bond donors (Lipinski definition) is 1. The number of ether oxygens (including phenoxy) is 1. The summed E-state index contributed by atoms with van der Waals surface area (Å²) in [4.78, 5) is 38.5. The van der Waals surface area contributed by atoms with E-state index in [1.807, 2.05) is 0 Å². The number of benzene rings is 2. The number of halogens is 2. The van der Waals surface area contributed by atoms with Crippen LogP contribution in [0.1, 0.15) is 18.4 Å². The quantitative estimate of drug-likeness (QED) is 0.385. The fourth-order valence-corrected chi connectivity index (χ4v) is 4.67. The minimum absolute atomic E-state index is 0.0820. The van der Waals surface area contributed by atoms with E-state index in [-0.39, 0.29) is 30.4 Å². The summed E-state index contributed by atoms with van der Waals surface area (Å²) in [6.45, 7) is 0.169. The summed E-state index contributed by atoms with van der Waals surface area (Å²) in [6.07, 6.45) is 0.426. The molecule has 7 nitrogen and oxygen atoms in total. The molecule has 176 valence electrons. The summed E-state index contributed by atoms with van der Waals surface area (Å²) >= 11 is 7.39. The number of thiophene rings is 1. The highest BCUT2D eigenvalue weighted by molar-refractivity contribution is 7.17. The van der Waals surface area contributed by atoms with Gasteiger partial charge in [-0.2, -0.15) is 0 Å². The van der Waals surface area contributed by atoms with Crippen LogP contribution in [0.3, 0.4) is 0 Å². The van der Waals surface area contributed by atoms with Crippen molar-refractivity contribution in [2.75, 3.05) is 12.4 Å². The molecule has 0 spiro atoms. The molecule has 2 aromatic heterocycles. The number of fused-ring (bicyclic) bond motifs is 1. The van der Waals surface area contributed by atoms with E-state index in [1.165, 1.54) is 34.1 Å². The number of hydrogen-bond acceptors (Lipinski definition) is 5. The third kappa shape index (κ3) is 5.05. The first-order valence-electron chi connectivity index (χ1n) is 10.5. The van der Waals surface area contributed by atoms with E-state index in [0.717, 1.165) is 4.57 Å². The zero-order valence-corrected chi connectivity index (χ0v) is 19.8. The molecule has 2 heterocycles. The molecule has 4 aromatic rings. The van der Waals surface area contributed by atoms with Crippen molar-refractivity contribution in [2.45, 2.75) is 25.9 Å². The maximum atomic E-state index is 13.4. The van der Waals surface area contributed by atoms with Crippen LogP contribution in [0, 0.1) is 5.82 Å². The van der Waals surface area contributed by atoms with Crippen molar-refractivity contribution in [2.24, 2.45) is 0 Å². The van der Waals surface area contributed by atoms with E-state index >= 15 is 0 Å². The zero-order valence-electron chi connectivity index (χ0n) is 18.2. The minimum atomic E-state index is -0.508. The second-order valence-corrected chi connectivity index (χ2v) is 8.90. The lowest BCUT2D eigenvalue weighted by molar-refractivity contribution is -0.116. The Morgan fingerprint density at radius 2 is 1.88 bits per heavy atom. The number of nitrogens with zero attached hydrogens (tertiary/aromatic N) is 2. The maximum absolute atomic E-state index is 13.4. The average molecular weight is 502 g/mol. The van der Waals surface area contributed by atoms with Gasteiger partial charge in [-0.15, -0.1) is 11.3 Å². The molecule has 0 saturated heterocycles. The van der Waals surface area contributed by atoms with Crippen molar-refractivity contribution in [3.05, 3.63) is 91.2 Å². The molecule has 0 unspecified atom stereocenters. The monoisotopic (exact) mass is 501 g/mol. The highest BCUT2D eigenvalue weighted by Gasteiger charge is 2.16. The molecule has 10 heteroatoms. The van der Waals surface area contributed by atoms with Crippen molar-refractivity contribution in [3.8, 4) is 5.75 Å². The van der Waals surface area contributed by atoms with Crippen LogP contribution in [-0.2, 0) is 17.9 Å².